The molecule has 0 unspecified atom stereocenters. The Hall–Kier alpha value is -2.24. The fraction of sp³-hybridized carbons (Fsp3) is 0.222. The molecule has 3 rings (SSSR count). The van der Waals surface area contributed by atoms with Crippen LogP contribution in [-0.2, 0) is 13.6 Å². The van der Waals surface area contributed by atoms with Crippen LogP contribution in [0.15, 0.2) is 46.1 Å². The number of aryl methyl sites for hydroxylation is 1. The zero-order valence-corrected chi connectivity index (χ0v) is 16.5. The van der Waals surface area contributed by atoms with Gasteiger partial charge in [-0.15, -0.1) is 0 Å². The van der Waals surface area contributed by atoms with Gasteiger partial charge in [-0.25, -0.2) is 4.39 Å². The summed E-state index contributed by atoms with van der Waals surface area (Å²) < 4.78 is 17.5. The number of pyridine rings is 2. The first-order valence-corrected chi connectivity index (χ1v) is 9.14. The number of hydrogen-bond acceptors (Lipinski definition) is 5. The summed E-state index contributed by atoms with van der Waals surface area (Å²) in [4.78, 5) is 25.2. The minimum Gasteiger partial charge on any atom is -0.394 e. The smallest absolute Gasteiger partial charge is 0.262 e. The highest BCUT2D eigenvalue weighted by atomic mass is 127. The predicted molar refractivity (Wildman–Crippen MR) is 109 cm³/mol. The van der Waals surface area contributed by atoms with E-state index < -0.39 is 24.1 Å². The number of benzene rings is 1. The number of hydrogen-bond donors (Lipinski definition) is 3. The van der Waals surface area contributed by atoms with Crippen LogP contribution in [0.3, 0.4) is 0 Å². The van der Waals surface area contributed by atoms with Crippen LogP contribution in [0.2, 0.25) is 0 Å². The monoisotopic (exact) mass is 485 g/mol. The molecule has 27 heavy (non-hydrogen) atoms. The zero-order valence-electron chi connectivity index (χ0n) is 14.3. The molecular formula is C18H17FIN3O4. The number of halogens is 2. The summed E-state index contributed by atoms with van der Waals surface area (Å²) in [6.45, 7) is -0.595. The molecule has 7 nitrogen and oxygen atoms in total. The lowest BCUT2D eigenvalue weighted by Crippen LogP contribution is -2.30. The van der Waals surface area contributed by atoms with E-state index >= 15 is 0 Å². The lowest BCUT2D eigenvalue weighted by molar-refractivity contribution is 0.0805. The summed E-state index contributed by atoms with van der Waals surface area (Å²) in [7, 11) is 1.53. The van der Waals surface area contributed by atoms with Crippen molar-refractivity contribution in [2.45, 2.75) is 12.6 Å². The van der Waals surface area contributed by atoms with Gasteiger partial charge in [0, 0.05) is 22.9 Å². The predicted octanol–water partition coefficient (Wildman–Crippen LogP) is 1.54. The molecule has 3 N–H and O–H groups in total. The summed E-state index contributed by atoms with van der Waals surface area (Å²) in [5.74, 6) is -0.511. The van der Waals surface area contributed by atoms with Crippen LogP contribution < -0.4 is 16.4 Å². The van der Waals surface area contributed by atoms with E-state index in [4.69, 9.17) is 5.11 Å². The molecule has 0 aliphatic heterocycles. The van der Waals surface area contributed by atoms with Crippen molar-refractivity contribution in [2.75, 3.05) is 11.9 Å². The van der Waals surface area contributed by atoms with Crippen molar-refractivity contribution >= 4 is 44.9 Å². The maximum atomic E-state index is 14.2. The maximum absolute atomic E-state index is 14.2. The first-order valence-electron chi connectivity index (χ1n) is 8.06. The van der Waals surface area contributed by atoms with Gasteiger partial charge < -0.3 is 24.7 Å². The third kappa shape index (κ3) is 3.89. The van der Waals surface area contributed by atoms with E-state index in [2.05, 4.69) is 5.32 Å². The second kappa shape index (κ2) is 7.79. The van der Waals surface area contributed by atoms with Crippen molar-refractivity contribution in [3.8, 4) is 0 Å². The average molecular weight is 485 g/mol. The van der Waals surface area contributed by atoms with Gasteiger partial charge in [-0.1, -0.05) is 0 Å². The Morgan fingerprint density at radius 2 is 1.96 bits per heavy atom. The first-order chi connectivity index (χ1) is 12.8. The first kappa shape index (κ1) is 19.5. The highest BCUT2D eigenvalue weighted by Gasteiger charge is 2.15. The van der Waals surface area contributed by atoms with Crippen molar-refractivity contribution < 1.29 is 14.6 Å². The molecule has 142 valence electrons. The van der Waals surface area contributed by atoms with E-state index in [1.165, 1.54) is 40.6 Å². The van der Waals surface area contributed by atoms with Crippen LogP contribution in [-0.4, -0.2) is 32.1 Å². The average Bonchev–Trinajstić information content (AvgIpc) is 2.63. The van der Waals surface area contributed by atoms with Gasteiger partial charge in [-0.2, -0.15) is 0 Å². The third-order valence-corrected chi connectivity index (χ3v) is 4.86. The Morgan fingerprint density at radius 3 is 2.63 bits per heavy atom. The highest BCUT2D eigenvalue weighted by molar-refractivity contribution is 14.1. The van der Waals surface area contributed by atoms with Crippen molar-refractivity contribution in [2.24, 2.45) is 7.05 Å². The minimum atomic E-state index is -1.10. The second-order valence-electron chi connectivity index (χ2n) is 6.07. The number of fused-ring (bicyclic) bond motifs is 1. The van der Waals surface area contributed by atoms with Gasteiger partial charge in [0.2, 0.25) is 0 Å². The molecule has 0 aliphatic rings. The molecule has 9 heteroatoms. The Labute approximate surface area is 166 Å². The van der Waals surface area contributed by atoms with Crippen LogP contribution in [0.4, 0.5) is 15.8 Å². The lowest BCUT2D eigenvalue weighted by atomic mass is 10.2. The molecule has 1 atom stereocenters. The number of anilines is 2. The van der Waals surface area contributed by atoms with Crippen LogP contribution >= 0.6 is 22.6 Å². The summed E-state index contributed by atoms with van der Waals surface area (Å²) in [6, 6.07) is 7.36. The van der Waals surface area contributed by atoms with Crippen LogP contribution in [0.25, 0.3) is 10.9 Å². The maximum Gasteiger partial charge on any atom is 0.262 e. The molecule has 3 aromatic rings. The second-order valence-corrected chi connectivity index (χ2v) is 7.32. The van der Waals surface area contributed by atoms with Gasteiger partial charge in [0.25, 0.3) is 11.1 Å². The van der Waals surface area contributed by atoms with E-state index in [-0.39, 0.29) is 28.9 Å². The number of aliphatic hydroxyl groups excluding tert-OH is 2. The van der Waals surface area contributed by atoms with Gasteiger partial charge in [0.1, 0.15) is 5.82 Å². The van der Waals surface area contributed by atoms with E-state index in [0.29, 0.717) is 9.09 Å². The highest BCUT2D eigenvalue weighted by Crippen LogP contribution is 2.25. The van der Waals surface area contributed by atoms with Crippen molar-refractivity contribution in [3.63, 3.8) is 0 Å². The Bertz CT molecular complexity index is 1130. The largest absolute Gasteiger partial charge is 0.394 e. The molecule has 0 radical (unpaired) electrons. The van der Waals surface area contributed by atoms with Gasteiger partial charge >= 0.3 is 0 Å². The normalized spacial score (nSPS) is 12.3. The molecule has 0 amide bonds. The van der Waals surface area contributed by atoms with Crippen LogP contribution in [0.5, 0.6) is 0 Å². The quantitative estimate of drug-likeness (QED) is 0.477. The number of rotatable bonds is 5. The Morgan fingerprint density at radius 1 is 1.22 bits per heavy atom. The number of nitrogens with zero attached hydrogens (tertiary/aromatic N) is 2. The van der Waals surface area contributed by atoms with E-state index in [0.717, 1.165) is 0 Å². The minimum absolute atomic E-state index is 0.106. The van der Waals surface area contributed by atoms with Crippen molar-refractivity contribution in [3.05, 3.63) is 66.6 Å². The number of aromatic nitrogens is 2. The lowest BCUT2D eigenvalue weighted by Gasteiger charge is -2.15. The summed E-state index contributed by atoms with van der Waals surface area (Å²) in [5, 5.41) is 21.7. The van der Waals surface area contributed by atoms with Gasteiger partial charge in [-0.05, 0) is 46.9 Å². The fourth-order valence-corrected chi connectivity index (χ4v) is 3.22. The topological polar surface area (TPSA) is 96.5 Å². The Balaban J connectivity index is 2.21. The molecule has 0 saturated heterocycles. The molecule has 0 fully saturated rings. The van der Waals surface area contributed by atoms with Crippen LogP contribution in [0.1, 0.15) is 0 Å². The molecule has 2 heterocycles. The molecular weight excluding hydrogens is 468 g/mol. The molecule has 2 aromatic heterocycles. The Kier molecular flexibility index (Phi) is 5.63. The molecule has 0 bridgehead atoms. The summed E-state index contributed by atoms with van der Waals surface area (Å²) in [5.41, 5.74) is -0.149. The molecule has 0 aliphatic carbocycles. The fourth-order valence-electron chi connectivity index (χ4n) is 2.77. The van der Waals surface area contributed by atoms with Gasteiger partial charge in [0.05, 0.1) is 41.5 Å². The van der Waals surface area contributed by atoms with Crippen molar-refractivity contribution in [1.82, 2.24) is 9.13 Å². The number of aliphatic hydroxyl groups is 2. The van der Waals surface area contributed by atoms with E-state index in [9.17, 15) is 19.1 Å². The standard InChI is InChI=1S/C18H17FIN3O4/c1-22-15-4-5-23(8-11(25)9-24)18(27)17(15)14(7-16(22)26)21-13-3-2-10(20)6-12(13)19/h2-7,11,21,24-25H,8-9H2,1H3/t11-/m1/s1. The molecule has 0 saturated carbocycles. The third-order valence-electron chi connectivity index (χ3n) is 4.19. The summed E-state index contributed by atoms with van der Waals surface area (Å²) >= 11 is 1.98. The van der Waals surface area contributed by atoms with Crippen molar-refractivity contribution in [1.29, 1.82) is 0 Å². The zero-order chi connectivity index (χ0) is 19.7. The van der Waals surface area contributed by atoms with E-state index in [1.807, 2.05) is 22.6 Å². The SMILES string of the molecule is Cn1c(=O)cc(Nc2ccc(I)cc2F)c2c(=O)n(C[C@@H](O)CO)ccc21. The van der Waals surface area contributed by atoms with E-state index in [1.54, 1.807) is 12.1 Å². The van der Waals surface area contributed by atoms with Gasteiger partial charge in [0.15, 0.2) is 0 Å². The molecule has 0 spiro atoms. The summed E-state index contributed by atoms with van der Waals surface area (Å²) in [6.07, 6.45) is 0.343. The molecule has 1 aromatic carbocycles. The number of nitrogens with one attached hydrogen (secondary N) is 1. The van der Waals surface area contributed by atoms with Crippen LogP contribution in [0, 0.1) is 9.39 Å². The van der Waals surface area contributed by atoms with Gasteiger partial charge in [-0.3, -0.25) is 9.59 Å².